The van der Waals surface area contributed by atoms with E-state index < -0.39 is 0 Å². The molecule has 2 aromatic rings. The second-order valence-corrected chi connectivity index (χ2v) is 7.52. The third-order valence-corrected chi connectivity index (χ3v) is 5.03. The van der Waals surface area contributed by atoms with Crippen molar-refractivity contribution >= 4 is 23.2 Å². The van der Waals surface area contributed by atoms with Gasteiger partial charge in [-0.25, -0.2) is 0 Å². The zero-order valence-corrected chi connectivity index (χ0v) is 16.1. The molecule has 2 unspecified atom stereocenters. The van der Waals surface area contributed by atoms with Gasteiger partial charge in [0.15, 0.2) is 0 Å². The predicted octanol–water partition coefficient (Wildman–Crippen LogP) is 4.44. The van der Waals surface area contributed by atoms with Crippen LogP contribution < -0.4 is 10.6 Å². The van der Waals surface area contributed by atoms with Crippen molar-refractivity contribution in [3.8, 4) is 0 Å². The van der Waals surface area contributed by atoms with Crippen LogP contribution in [0.25, 0.3) is 0 Å². The van der Waals surface area contributed by atoms with Gasteiger partial charge in [-0.2, -0.15) is 0 Å². The molecule has 0 heterocycles. The van der Waals surface area contributed by atoms with Gasteiger partial charge in [-0.1, -0.05) is 35.4 Å². The SMILES string of the molecule is Cc1ccc(NC(=O)C2CC2C(=O)Nc2c(C)cc(C)cc2C)c(C)c1. The van der Waals surface area contributed by atoms with Crippen LogP contribution in [0, 0.1) is 46.5 Å². The Kier molecular flexibility index (Phi) is 4.86. The molecule has 26 heavy (non-hydrogen) atoms. The minimum absolute atomic E-state index is 0.0687. The van der Waals surface area contributed by atoms with Crippen molar-refractivity contribution in [3.05, 3.63) is 58.1 Å². The highest BCUT2D eigenvalue weighted by atomic mass is 16.2. The molecule has 1 saturated carbocycles. The van der Waals surface area contributed by atoms with Crippen LogP contribution in [-0.2, 0) is 9.59 Å². The Hall–Kier alpha value is -2.62. The highest BCUT2D eigenvalue weighted by Crippen LogP contribution is 2.41. The topological polar surface area (TPSA) is 58.2 Å². The third kappa shape index (κ3) is 3.79. The predicted molar refractivity (Wildman–Crippen MR) is 105 cm³/mol. The molecule has 4 heteroatoms. The van der Waals surface area contributed by atoms with E-state index in [1.165, 1.54) is 5.56 Å². The van der Waals surface area contributed by atoms with Gasteiger partial charge in [0.05, 0.1) is 11.8 Å². The second-order valence-electron chi connectivity index (χ2n) is 7.52. The Balaban J connectivity index is 1.63. The maximum atomic E-state index is 12.6. The minimum Gasteiger partial charge on any atom is -0.326 e. The first-order valence-corrected chi connectivity index (χ1v) is 9.03. The quantitative estimate of drug-likeness (QED) is 0.856. The molecule has 4 nitrogen and oxygen atoms in total. The van der Waals surface area contributed by atoms with Crippen LogP contribution in [0.2, 0.25) is 0 Å². The van der Waals surface area contributed by atoms with E-state index in [2.05, 4.69) is 22.8 Å². The third-order valence-electron chi connectivity index (χ3n) is 5.03. The van der Waals surface area contributed by atoms with E-state index in [1.54, 1.807) is 0 Å². The number of anilines is 2. The lowest BCUT2D eigenvalue weighted by molar-refractivity contribution is -0.122. The molecule has 3 rings (SSSR count). The number of nitrogens with one attached hydrogen (secondary N) is 2. The lowest BCUT2D eigenvalue weighted by atomic mass is 10.0. The summed E-state index contributed by atoms with van der Waals surface area (Å²) in [5.74, 6) is -0.641. The maximum Gasteiger partial charge on any atom is 0.228 e. The average Bonchev–Trinajstić information content (AvgIpc) is 3.34. The van der Waals surface area contributed by atoms with Crippen molar-refractivity contribution in [2.75, 3.05) is 10.6 Å². The molecule has 2 atom stereocenters. The second kappa shape index (κ2) is 6.94. The van der Waals surface area contributed by atoms with Crippen LogP contribution >= 0.6 is 0 Å². The summed E-state index contributed by atoms with van der Waals surface area (Å²) in [5, 5.41) is 5.98. The van der Waals surface area contributed by atoms with Crippen LogP contribution in [0.3, 0.4) is 0 Å². The fraction of sp³-hybridized carbons (Fsp3) is 0.364. The van der Waals surface area contributed by atoms with Gasteiger partial charge in [-0.15, -0.1) is 0 Å². The lowest BCUT2D eigenvalue weighted by Gasteiger charge is -2.13. The Morgan fingerprint density at radius 1 is 0.769 bits per heavy atom. The average molecular weight is 350 g/mol. The fourth-order valence-electron chi connectivity index (χ4n) is 3.55. The van der Waals surface area contributed by atoms with Gasteiger partial charge in [0.25, 0.3) is 0 Å². The van der Waals surface area contributed by atoms with Gasteiger partial charge in [-0.05, 0) is 63.8 Å². The zero-order valence-electron chi connectivity index (χ0n) is 16.1. The standard InChI is InChI=1S/C22H26N2O2/c1-12-6-7-19(14(3)8-12)23-21(25)17-11-18(17)22(26)24-20-15(4)9-13(2)10-16(20)5/h6-10,17-18H,11H2,1-5H3,(H,23,25)(H,24,26). The summed E-state index contributed by atoms with van der Waals surface area (Å²) in [7, 11) is 0. The number of aryl methyl sites for hydroxylation is 5. The van der Waals surface area contributed by atoms with Gasteiger partial charge in [0.1, 0.15) is 0 Å². The van der Waals surface area contributed by atoms with Crippen molar-refractivity contribution in [3.63, 3.8) is 0 Å². The van der Waals surface area contributed by atoms with Gasteiger partial charge >= 0.3 is 0 Å². The van der Waals surface area contributed by atoms with Crippen molar-refractivity contribution in [1.82, 2.24) is 0 Å². The number of hydrogen-bond donors (Lipinski definition) is 2. The van der Waals surface area contributed by atoms with Gasteiger partial charge in [0.2, 0.25) is 11.8 Å². The Morgan fingerprint density at radius 3 is 1.88 bits per heavy atom. The molecule has 0 radical (unpaired) electrons. The molecular formula is C22H26N2O2. The van der Waals surface area contributed by atoms with E-state index in [1.807, 2.05) is 52.8 Å². The molecule has 2 aromatic carbocycles. The minimum atomic E-state index is -0.249. The summed E-state index contributed by atoms with van der Waals surface area (Å²) >= 11 is 0. The highest BCUT2D eigenvalue weighted by molar-refractivity contribution is 6.04. The van der Waals surface area contributed by atoms with Gasteiger partial charge in [0, 0.05) is 11.4 Å². The molecule has 1 aliphatic rings. The molecule has 136 valence electrons. The first-order chi connectivity index (χ1) is 12.3. The molecule has 0 bridgehead atoms. The number of benzene rings is 2. The van der Waals surface area contributed by atoms with E-state index >= 15 is 0 Å². The van der Waals surface area contributed by atoms with Crippen molar-refractivity contribution < 1.29 is 9.59 Å². The van der Waals surface area contributed by atoms with Gasteiger partial charge in [-0.3, -0.25) is 9.59 Å². The summed E-state index contributed by atoms with van der Waals surface area (Å²) in [5.41, 5.74) is 7.15. The zero-order chi connectivity index (χ0) is 19.0. The summed E-state index contributed by atoms with van der Waals surface area (Å²) in [6.07, 6.45) is 0.604. The van der Waals surface area contributed by atoms with E-state index in [4.69, 9.17) is 0 Å². The lowest BCUT2D eigenvalue weighted by Crippen LogP contribution is -2.21. The molecule has 1 aliphatic carbocycles. The highest BCUT2D eigenvalue weighted by Gasteiger charge is 2.48. The maximum absolute atomic E-state index is 12.6. The molecule has 1 fully saturated rings. The van der Waals surface area contributed by atoms with Crippen LogP contribution in [0.15, 0.2) is 30.3 Å². The van der Waals surface area contributed by atoms with Gasteiger partial charge < -0.3 is 10.6 Å². The van der Waals surface area contributed by atoms with Crippen LogP contribution in [0.4, 0.5) is 11.4 Å². The molecule has 0 spiro atoms. The fourth-order valence-corrected chi connectivity index (χ4v) is 3.55. The Morgan fingerprint density at radius 2 is 1.31 bits per heavy atom. The Labute approximate surface area is 155 Å². The molecule has 0 saturated heterocycles. The molecule has 2 amide bonds. The van der Waals surface area contributed by atoms with Crippen LogP contribution in [0.5, 0.6) is 0 Å². The molecule has 0 aliphatic heterocycles. The number of hydrogen-bond acceptors (Lipinski definition) is 2. The number of carbonyl (C=O) groups is 2. The largest absolute Gasteiger partial charge is 0.326 e. The Bertz CT molecular complexity index is 863. The van der Waals surface area contributed by atoms with E-state index in [0.29, 0.717) is 6.42 Å². The normalized spacial score (nSPS) is 18.3. The first-order valence-electron chi connectivity index (χ1n) is 9.03. The number of rotatable bonds is 4. The smallest absolute Gasteiger partial charge is 0.228 e. The number of carbonyl (C=O) groups excluding carboxylic acids is 2. The van der Waals surface area contributed by atoms with E-state index in [-0.39, 0.29) is 23.7 Å². The van der Waals surface area contributed by atoms with Crippen molar-refractivity contribution in [1.29, 1.82) is 0 Å². The summed E-state index contributed by atoms with van der Waals surface area (Å²) in [6, 6.07) is 10.0. The van der Waals surface area contributed by atoms with E-state index in [9.17, 15) is 9.59 Å². The monoisotopic (exact) mass is 350 g/mol. The van der Waals surface area contributed by atoms with Crippen LogP contribution in [0.1, 0.15) is 34.2 Å². The number of amides is 2. The summed E-state index contributed by atoms with van der Waals surface area (Å²) in [6.45, 7) is 10.0. The summed E-state index contributed by atoms with van der Waals surface area (Å²) in [4.78, 5) is 25.0. The van der Waals surface area contributed by atoms with E-state index in [0.717, 1.165) is 33.6 Å². The van der Waals surface area contributed by atoms with Crippen LogP contribution in [-0.4, -0.2) is 11.8 Å². The molecule has 0 aromatic heterocycles. The van der Waals surface area contributed by atoms with Crippen molar-refractivity contribution in [2.45, 2.75) is 41.0 Å². The van der Waals surface area contributed by atoms with Crippen molar-refractivity contribution in [2.24, 2.45) is 11.8 Å². The first kappa shape index (κ1) is 18.2. The molecular weight excluding hydrogens is 324 g/mol. The molecule has 2 N–H and O–H groups in total. The summed E-state index contributed by atoms with van der Waals surface area (Å²) < 4.78 is 0.